The molecule has 1 aromatic heterocycles. The number of rotatable bonds is 3. The molecular weight excluding hydrogens is 270 g/mol. The van der Waals surface area contributed by atoms with Crippen LogP contribution >= 0.6 is 0 Å². The molecule has 1 fully saturated rings. The molecule has 110 valence electrons. The van der Waals surface area contributed by atoms with Gasteiger partial charge in [0.1, 0.15) is 12.1 Å². The topological polar surface area (TPSA) is 80.7 Å². The smallest absolute Gasteiger partial charge is 0.313 e. The number of hydrogen-bond acceptors (Lipinski definition) is 4. The van der Waals surface area contributed by atoms with Gasteiger partial charge in [0.25, 0.3) is 0 Å². The van der Waals surface area contributed by atoms with E-state index in [1.54, 1.807) is 12.3 Å². The Labute approximate surface area is 122 Å². The van der Waals surface area contributed by atoms with Crippen molar-refractivity contribution in [2.24, 2.45) is 0 Å². The standard InChI is InChI=1S/C15H17N3O3/c19-15-13(18(20)21)9-11(10-17-7-2-1-3-8-17)12-5-4-6-16-14(12)15/h4-6,9,19H,1-3,7-8,10H2/p+1. The number of phenols is 1. The normalized spacial score (nSPS) is 16.2. The van der Waals surface area contributed by atoms with Gasteiger partial charge in [0, 0.05) is 23.2 Å². The number of phenolic OH excluding ortho intramolecular Hbond substituents is 1. The van der Waals surface area contributed by atoms with Crippen LogP contribution < -0.4 is 4.90 Å². The number of nitro benzene ring substituents is 1. The number of nitrogens with one attached hydrogen (secondary N) is 1. The lowest BCUT2D eigenvalue weighted by atomic mass is 10.0. The number of aromatic nitrogens is 1. The number of likely N-dealkylation sites (tertiary alicyclic amines) is 1. The van der Waals surface area contributed by atoms with Gasteiger partial charge in [-0.25, -0.2) is 0 Å². The molecule has 21 heavy (non-hydrogen) atoms. The molecule has 1 saturated heterocycles. The molecule has 6 nitrogen and oxygen atoms in total. The molecule has 1 aromatic carbocycles. The molecule has 2 heterocycles. The molecule has 1 aliphatic heterocycles. The number of fused-ring (bicyclic) bond motifs is 1. The van der Waals surface area contributed by atoms with Crippen molar-refractivity contribution in [1.29, 1.82) is 0 Å². The number of aromatic hydroxyl groups is 1. The van der Waals surface area contributed by atoms with Gasteiger partial charge in [0.15, 0.2) is 0 Å². The summed E-state index contributed by atoms with van der Waals surface area (Å²) in [5.74, 6) is -0.340. The Morgan fingerprint density at radius 3 is 2.81 bits per heavy atom. The highest BCUT2D eigenvalue weighted by Gasteiger charge is 2.23. The summed E-state index contributed by atoms with van der Waals surface area (Å²) in [5.41, 5.74) is 0.949. The predicted octanol–water partition coefficient (Wildman–Crippen LogP) is 1.42. The Kier molecular flexibility index (Phi) is 3.70. The Hall–Kier alpha value is -2.21. The summed E-state index contributed by atoms with van der Waals surface area (Å²) >= 11 is 0. The number of pyridine rings is 1. The van der Waals surface area contributed by atoms with Gasteiger partial charge in [-0.3, -0.25) is 15.1 Å². The van der Waals surface area contributed by atoms with Gasteiger partial charge in [0.2, 0.25) is 5.75 Å². The van der Waals surface area contributed by atoms with Crippen molar-refractivity contribution >= 4 is 16.6 Å². The summed E-state index contributed by atoms with van der Waals surface area (Å²) in [5, 5.41) is 22.0. The maximum Gasteiger partial charge on any atom is 0.313 e. The zero-order valence-corrected chi connectivity index (χ0v) is 11.7. The van der Waals surface area contributed by atoms with Crippen LogP contribution in [0.4, 0.5) is 5.69 Å². The molecule has 3 rings (SSSR count). The number of hydrogen-bond donors (Lipinski definition) is 2. The summed E-state index contributed by atoms with van der Waals surface area (Å²) in [7, 11) is 0. The third kappa shape index (κ3) is 2.67. The van der Waals surface area contributed by atoms with Gasteiger partial charge >= 0.3 is 5.69 Å². The minimum atomic E-state index is -0.543. The van der Waals surface area contributed by atoms with Gasteiger partial charge in [-0.05, 0) is 25.3 Å². The van der Waals surface area contributed by atoms with E-state index in [0.717, 1.165) is 30.6 Å². The van der Waals surface area contributed by atoms with Gasteiger partial charge in [-0.1, -0.05) is 6.07 Å². The van der Waals surface area contributed by atoms with Crippen LogP contribution in [-0.2, 0) is 6.54 Å². The zero-order valence-electron chi connectivity index (χ0n) is 11.7. The molecule has 2 aromatic rings. The number of benzene rings is 1. The van der Waals surface area contributed by atoms with Crippen molar-refractivity contribution in [1.82, 2.24) is 4.98 Å². The summed E-state index contributed by atoms with van der Waals surface area (Å²) in [6, 6.07) is 5.16. The molecule has 1 aliphatic rings. The van der Waals surface area contributed by atoms with E-state index in [1.807, 2.05) is 6.07 Å². The van der Waals surface area contributed by atoms with E-state index >= 15 is 0 Å². The fourth-order valence-corrected chi connectivity index (χ4v) is 3.07. The second-order valence-corrected chi connectivity index (χ2v) is 5.55. The van der Waals surface area contributed by atoms with E-state index in [4.69, 9.17) is 0 Å². The summed E-state index contributed by atoms with van der Waals surface area (Å²) in [6.07, 6.45) is 5.21. The molecule has 0 spiro atoms. The Balaban J connectivity index is 2.07. The summed E-state index contributed by atoms with van der Waals surface area (Å²) < 4.78 is 0. The predicted molar refractivity (Wildman–Crippen MR) is 78.3 cm³/mol. The average Bonchev–Trinajstić information content (AvgIpc) is 2.51. The molecule has 0 atom stereocenters. The van der Waals surface area contributed by atoms with Crippen LogP contribution in [0.2, 0.25) is 0 Å². The first-order valence-corrected chi connectivity index (χ1v) is 7.24. The van der Waals surface area contributed by atoms with Gasteiger partial charge < -0.3 is 10.0 Å². The van der Waals surface area contributed by atoms with E-state index < -0.39 is 4.92 Å². The van der Waals surface area contributed by atoms with Gasteiger partial charge in [0.05, 0.1) is 18.0 Å². The number of quaternary nitrogens is 1. The third-order valence-corrected chi connectivity index (χ3v) is 4.13. The summed E-state index contributed by atoms with van der Waals surface area (Å²) in [6.45, 7) is 2.93. The minimum absolute atomic E-state index is 0.257. The van der Waals surface area contributed by atoms with Crippen LogP contribution in [0.5, 0.6) is 5.75 Å². The first kappa shape index (κ1) is 13.8. The Morgan fingerprint density at radius 2 is 2.10 bits per heavy atom. The fourth-order valence-electron chi connectivity index (χ4n) is 3.07. The maximum atomic E-state index is 11.1. The highest BCUT2D eigenvalue weighted by molar-refractivity contribution is 5.90. The first-order chi connectivity index (χ1) is 10.2. The van der Waals surface area contributed by atoms with E-state index in [9.17, 15) is 15.2 Å². The fraction of sp³-hybridized carbons (Fsp3) is 0.400. The van der Waals surface area contributed by atoms with Crippen LogP contribution in [0.25, 0.3) is 10.9 Å². The molecule has 2 N–H and O–H groups in total. The van der Waals surface area contributed by atoms with Gasteiger partial charge in [-0.15, -0.1) is 0 Å². The van der Waals surface area contributed by atoms with Crippen molar-refractivity contribution in [3.05, 3.63) is 40.1 Å². The van der Waals surface area contributed by atoms with Crippen LogP contribution in [0.3, 0.4) is 0 Å². The van der Waals surface area contributed by atoms with Crippen molar-refractivity contribution in [2.75, 3.05) is 13.1 Å². The first-order valence-electron chi connectivity index (χ1n) is 7.24. The number of nitrogens with zero attached hydrogens (tertiary/aromatic N) is 2. The third-order valence-electron chi connectivity index (χ3n) is 4.13. The lowest BCUT2D eigenvalue weighted by Crippen LogP contribution is -3.11. The lowest BCUT2D eigenvalue weighted by Gasteiger charge is -2.24. The summed E-state index contributed by atoms with van der Waals surface area (Å²) in [4.78, 5) is 16.1. The molecule has 0 aliphatic carbocycles. The second-order valence-electron chi connectivity index (χ2n) is 5.55. The SMILES string of the molecule is O=[N+]([O-])c1cc(C[NH+]2CCCCC2)c2cccnc2c1O. The van der Waals surface area contributed by atoms with E-state index in [2.05, 4.69) is 4.98 Å². The van der Waals surface area contributed by atoms with E-state index in [-0.39, 0.29) is 11.4 Å². The van der Waals surface area contributed by atoms with Crippen LogP contribution in [-0.4, -0.2) is 28.1 Å². The maximum absolute atomic E-state index is 11.1. The van der Waals surface area contributed by atoms with Crippen molar-refractivity contribution < 1.29 is 14.9 Å². The lowest BCUT2D eigenvalue weighted by molar-refractivity contribution is -0.918. The molecule has 0 unspecified atom stereocenters. The Bertz CT molecular complexity index is 681. The minimum Gasteiger partial charge on any atom is -0.501 e. The van der Waals surface area contributed by atoms with E-state index in [0.29, 0.717) is 5.52 Å². The number of nitro groups is 1. The van der Waals surface area contributed by atoms with Crippen LogP contribution in [0.15, 0.2) is 24.4 Å². The molecule has 0 amide bonds. The molecular formula is C15H18N3O3+. The average molecular weight is 288 g/mol. The van der Waals surface area contributed by atoms with Crippen molar-refractivity contribution in [3.63, 3.8) is 0 Å². The zero-order chi connectivity index (χ0) is 14.8. The molecule has 0 bridgehead atoms. The number of piperidine rings is 1. The van der Waals surface area contributed by atoms with E-state index in [1.165, 1.54) is 30.2 Å². The van der Waals surface area contributed by atoms with Crippen LogP contribution in [0.1, 0.15) is 24.8 Å². The molecule has 6 heteroatoms. The van der Waals surface area contributed by atoms with Crippen molar-refractivity contribution in [3.8, 4) is 5.75 Å². The molecule has 0 radical (unpaired) electrons. The quantitative estimate of drug-likeness (QED) is 0.661. The van der Waals surface area contributed by atoms with Crippen molar-refractivity contribution in [2.45, 2.75) is 25.8 Å². The van der Waals surface area contributed by atoms with Gasteiger partial charge in [-0.2, -0.15) is 0 Å². The second kappa shape index (κ2) is 5.65. The largest absolute Gasteiger partial charge is 0.501 e. The molecule has 0 saturated carbocycles. The van der Waals surface area contributed by atoms with Crippen LogP contribution in [0, 0.1) is 10.1 Å². The monoisotopic (exact) mass is 288 g/mol. The highest BCUT2D eigenvalue weighted by Crippen LogP contribution is 2.35. The highest BCUT2D eigenvalue weighted by atomic mass is 16.6. The Morgan fingerprint density at radius 1 is 1.33 bits per heavy atom.